The molecule has 20 heavy (non-hydrogen) atoms. The number of nitrogens with one attached hydrogen (secondary N) is 3. The van der Waals surface area contributed by atoms with Crippen molar-refractivity contribution in [1.29, 1.82) is 0 Å². The van der Waals surface area contributed by atoms with Crippen LogP contribution in [0.4, 0.5) is 0 Å². The lowest BCUT2D eigenvalue weighted by molar-refractivity contribution is -0.858. The molecule has 0 bridgehead atoms. The number of benzene rings is 1. The molecule has 0 heterocycles. The lowest BCUT2D eigenvalue weighted by Gasteiger charge is -2.12. The Kier molecular flexibility index (Phi) is 7.99. The van der Waals surface area contributed by atoms with E-state index in [2.05, 4.69) is 30.8 Å². The Labute approximate surface area is 127 Å². The van der Waals surface area contributed by atoms with Crippen molar-refractivity contribution in [1.82, 2.24) is 10.6 Å². The number of rotatable bonds is 8. The highest BCUT2D eigenvalue weighted by molar-refractivity contribution is 7.80. The Balaban J connectivity index is 2.18. The summed E-state index contributed by atoms with van der Waals surface area (Å²) in [4.78, 5) is 1.46. The van der Waals surface area contributed by atoms with Crippen molar-refractivity contribution >= 4 is 17.3 Å². The summed E-state index contributed by atoms with van der Waals surface area (Å²) in [5.74, 6) is 0.933. The molecule has 0 aromatic heterocycles. The number of hydrogen-bond donors (Lipinski definition) is 3. The van der Waals surface area contributed by atoms with Gasteiger partial charge in [-0.2, -0.15) is 0 Å². The molecular formula is C15H26N3OS+. The molecule has 0 aliphatic rings. The number of hydrogen-bond acceptors (Lipinski definition) is 2. The van der Waals surface area contributed by atoms with Crippen molar-refractivity contribution < 1.29 is 9.64 Å². The first-order valence-electron chi connectivity index (χ1n) is 7.06. The van der Waals surface area contributed by atoms with Crippen LogP contribution in [0.2, 0.25) is 0 Å². The normalized spacial score (nSPS) is 10.4. The molecule has 1 aromatic carbocycles. The van der Waals surface area contributed by atoms with Gasteiger partial charge in [0.2, 0.25) is 0 Å². The molecule has 0 aliphatic carbocycles. The van der Waals surface area contributed by atoms with Crippen LogP contribution in [0, 0.1) is 0 Å². The van der Waals surface area contributed by atoms with Gasteiger partial charge in [-0.25, -0.2) is 0 Å². The van der Waals surface area contributed by atoms with E-state index in [1.165, 1.54) is 10.5 Å². The van der Waals surface area contributed by atoms with Gasteiger partial charge in [0, 0.05) is 19.5 Å². The van der Waals surface area contributed by atoms with E-state index in [9.17, 15) is 0 Å². The molecule has 0 atom stereocenters. The van der Waals surface area contributed by atoms with Crippen LogP contribution in [0.15, 0.2) is 24.3 Å². The van der Waals surface area contributed by atoms with Crippen molar-refractivity contribution in [2.24, 2.45) is 0 Å². The van der Waals surface area contributed by atoms with Gasteiger partial charge < -0.3 is 20.3 Å². The van der Waals surface area contributed by atoms with Gasteiger partial charge in [-0.05, 0) is 30.3 Å². The fourth-order valence-electron chi connectivity index (χ4n) is 1.93. The molecule has 0 fully saturated rings. The van der Waals surface area contributed by atoms with Crippen LogP contribution in [-0.4, -0.2) is 46.0 Å². The van der Waals surface area contributed by atoms with Gasteiger partial charge in [0.05, 0.1) is 27.7 Å². The van der Waals surface area contributed by atoms with Gasteiger partial charge in [0.15, 0.2) is 5.11 Å². The molecule has 4 nitrogen and oxygen atoms in total. The molecule has 1 aromatic rings. The van der Waals surface area contributed by atoms with E-state index in [1.54, 1.807) is 7.11 Å². The molecule has 0 unspecified atom stereocenters. The van der Waals surface area contributed by atoms with Gasteiger partial charge in [0.25, 0.3) is 0 Å². The third-order valence-corrected chi connectivity index (χ3v) is 3.30. The second kappa shape index (κ2) is 9.55. The summed E-state index contributed by atoms with van der Waals surface area (Å²) in [6, 6.07) is 8.07. The molecular weight excluding hydrogens is 270 g/mol. The quantitative estimate of drug-likeness (QED) is 0.474. The third kappa shape index (κ3) is 6.73. The van der Waals surface area contributed by atoms with Gasteiger partial charge in [-0.1, -0.05) is 18.2 Å². The van der Waals surface area contributed by atoms with E-state index in [0.717, 1.165) is 43.3 Å². The molecule has 5 heteroatoms. The summed E-state index contributed by atoms with van der Waals surface area (Å²) in [6.45, 7) is 2.88. The Bertz CT molecular complexity index is 410. The van der Waals surface area contributed by atoms with Gasteiger partial charge >= 0.3 is 0 Å². The summed E-state index contributed by atoms with van der Waals surface area (Å²) in [6.07, 6.45) is 2.02. The highest BCUT2D eigenvalue weighted by Gasteiger charge is 2.02. The maximum atomic E-state index is 5.33. The van der Waals surface area contributed by atoms with Crippen LogP contribution in [-0.2, 0) is 6.42 Å². The fraction of sp³-hybridized carbons (Fsp3) is 0.533. The Morgan fingerprint density at radius 1 is 1.20 bits per heavy atom. The minimum Gasteiger partial charge on any atom is -0.496 e. The topological polar surface area (TPSA) is 37.7 Å². The van der Waals surface area contributed by atoms with Crippen LogP contribution in [0.1, 0.15) is 12.0 Å². The van der Waals surface area contributed by atoms with Crippen molar-refractivity contribution in [3.8, 4) is 5.75 Å². The van der Waals surface area contributed by atoms with Crippen molar-refractivity contribution in [2.45, 2.75) is 12.8 Å². The minimum absolute atomic E-state index is 0.730. The molecule has 3 N–H and O–H groups in total. The maximum Gasteiger partial charge on any atom is 0.166 e. The molecule has 0 saturated heterocycles. The lowest BCUT2D eigenvalue weighted by atomic mass is 10.1. The predicted molar refractivity (Wildman–Crippen MR) is 87.6 cm³/mol. The molecule has 0 spiro atoms. The molecule has 0 amide bonds. The number of para-hydroxylation sites is 1. The van der Waals surface area contributed by atoms with Crippen LogP contribution in [0.5, 0.6) is 5.75 Å². The van der Waals surface area contributed by atoms with Crippen LogP contribution < -0.4 is 20.3 Å². The van der Waals surface area contributed by atoms with E-state index >= 15 is 0 Å². The van der Waals surface area contributed by atoms with Gasteiger partial charge in [0.1, 0.15) is 5.75 Å². The molecule has 112 valence electrons. The van der Waals surface area contributed by atoms with E-state index < -0.39 is 0 Å². The molecule has 0 radical (unpaired) electrons. The van der Waals surface area contributed by atoms with E-state index in [0.29, 0.717) is 0 Å². The molecule has 0 saturated carbocycles. The Hall–Kier alpha value is -1.33. The maximum absolute atomic E-state index is 5.33. The number of thiocarbonyl (C=S) groups is 1. The monoisotopic (exact) mass is 296 g/mol. The van der Waals surface area contributed by atoms with Gasteiger partial charge in [-0.3, -0.25) is 0 Å². The SMILES string of the molecule is COc1ccccc1CCNC(=S)NCCC[NH+](C)C. The van der Waals surface area contributed by atoms with Gasteiger partial charge in [-0.15, -0.1) is 0 Å². The van der Waals surface area contributed by atoms with Crippen LogP contribution in [0.3, 0.4) is 0 Å². The number of ether oxygens (including phenoxy) is 1. The van der Waals surface area contributed by atoms with E-state index in [4.69, 9.17) is 17.0 Å². The summed E-state index contributed by atoms with van der Waals surface area (Å²) in [5, 5.41) is 7.19. The third-order valence-electron chi connectivity index (χ3n) is 3.01. The Morgan fingerprint density at radius 2 is 1.90 bits per heavy atom. The minimum atomic E-state index is 0.730. The largest absolute Gasteiger partial charge is 0.496 e. The van der Waals surface area contributed by atoms with Crippen molar-refractivity contribution in [3.63, 3.8) is 0 Å². The summed E-state index contributed by atoms with van der Waals surface area (Å²) >= 11 is 5.25. The average molecular weight is 296 g/mol. The fourth-order valence-corrected chi connectivity index (χ4v) is 2.13. The highest BCUT2D eigenvalue weighted by Crippen LogP contribution is 2.17. The van der Waals surface area contributed by atoms with Crippen molar-refractivity contribution in [2.75, 3.05) is 40.8 Å². The van der Waals surface area contributed by atoms with E-state index in [1.807, 2.05) is 18.2 Å². The van der Waals surface area contributed by atoms with Crippen LogP contribution >= 0.6 is 12.2 Å². The first kappa shape index (κ1) is 16.7. The zero-order valence-corrected chi connectivity index (χ0v) is 13.5. The molecule has 1 rings (SSSR count). The second-order valence-corrected chi connectivity index (χ2v) is 5.46. The number of quaternary nitrogens is 1. The smallest absolute Gasteiger partial charge is 0.166 e. The number of methoxy groups -OCH3 is 1. The average Bonchev–Trinajstić information content (AvgIpc) is 2.44. The summed E-state index contributed by atoms with van der Waals surface area (Å²) in [5.41, 5.74) is 1.20. The standard InChI is InChI=1S/C15H25N3OS/c1-18(2)12-6-10-16-15(20)17-11-9-13-7-4-5-8-14(13)19-3/h4-5,7-8H,6,9-12H2,1-3H3,(H2,16,17,20)/p+1. The zero-order chi connectivity index (χ0) is 14.8. The summed E-state index contributed by atoms with van der Waals surface area (Å²) in [7, 11) is 6.01. The first-order chi connectivity index (χ1) is 9.63. The Morgan fingerprint density at radius 3 is 2.60 bits per heavy atom. The van der Waals surface area contributed by atoms with Crippen LogP contribution in [0.25, 0.3) is 0 Å². The molecule has 0 aliphatic heterocycles. The lowest BCUT2D eigenvalue weighted by Crippen LogP contribution is -3.05. The van der Waals surface area contributed by atoms with E-state index in [-0.39, 0.29) is 0 Å². The first-order valence-corrected chi connectivity index (χ1v) is 7.47. The zero-order valence-electron chi connectivity index (χ0n) is 12.7. The van der Waals surface area contributed by atoms with Crippen molar-refractivity contribution in [3.05, 3.63) is 29.8 Å². The predicted octanol–water partition coefficient (Wildman–Crippen LogP) is 0.236. The second-order valence-electron chi connectivity index (χ2n) is 5.06. The summed E-state index contributed by atoms with van der Waals surface area (Å²) < 4.78 is 5.33. The highest BCUT2D eigenvalue weighted by atomic mass is 32.1.